The Hall–Kier alpha value is -2.48. The van der Waals surface area contributed by atoms with Crippen LogP contribution in [-0.4, -0.2) is 116 Å². The maximum atomic E-state index is 12.2. The molecule has 12 heteroatoms. The first-order valence-electron chi connectivity index (χ1n) is 10.7. The van der Waals surface area contributed by atoms with Gasteiger partial charge in [-0.15, -0.1) is 0 Å². The zero-order valence-corrected chi connectivity index (χ0v) is 19.6. The van der Waals surface area contributed by atoms with E-state index < -0.39 is 11.9 Å². The number of carbonyl (C=O) groups is 2. The summed E-state index contributed by atoms with van der Waals surface area (Å²) in [7, 11) is 2.39. The molecular weight excluding hydrogens is 456 g/mol. The summed E-state index contributed by atoms with van der Waals surface area (Å²) in [6.45, 7) is 2.39. The van der Waals surface area contributed by atoms with E-state index in [0.29, 0.717) is 26.4 Å². The van der Waals surface area contributed by atoms with Crippen LogP contribution in [0.15, 0.2) is 12.1 Å². The predicted octanol–water partition coefficient (Wildman–Crippen LogP) is 0.0684. The molecule has 0 aliphatic rings. The zero-order valence-electron chi connectivity index (χ0n) is 19.6. The van der Waals surface area contributed by atoms with E-state index in [9.17, 15) is 9.59 Å². The Morgan fingerprint density at radius 2 is 0.912 bits per heavy atom. The molecule has 2 N–H and O–H groups in total. The fourth-order valence-electron chi connectivity index (χ4n) is 2.54. The van der Waals surface area contributed by atoms with Gasteiger partial charge in [0.25, 0.3) is 0 Å². The first-order valence-corrected chi connectivity index (χ1v) is 10.7. The van der Waals surface area contributed by atoms with Crippen LogP contribution in [0.4, 0.5) is 0 Å². The van der Waals surface area contributed by atoms with Gasteiger partial charge in [0.15, 0.2) is 11.5 Å². The minimum absolute atomic E-state index is 0.0349. The summed E-state index contributed by atoms with van der Waals surface area (Å²) in [6.07, 6.45) is 0. The van der Waals surface area contributed by atoms with E-state index in [4.69, 9.17) is 48.1 Å². The molecule has 1 rings (SSSR count). The Labute approximate surface area is 198 Å². The molecule has 0 heterocycles. The van der Waals surface area contributed by atoms with Crippen LogP contribution >= 0.6 is 0 Å². The minimum Gasteiger partial charge on any atom is -0.487 e. The Balaban J connectivity index is 2.77. The molecule has 0 amide bonds. The molecule has 0 atom stereocenters. The van der Waals surface area contributed by atoms with Crippen molar-refractivity contribution >= 4 is 11.9 Å². The number of ether oxygens (including phenoxy) is 8. The van der Waals surface area contributed by atoms with Gasteiger partial charge in [-0.25, -0.2) is 9.59 Å². The average Bonchev–Trinajstić information content (AvgIpc) is 2.86. The van der Waals surface area contributed by atoms with Crippen molar-refractivity contribution in [3.05, 3.63) is 23.3 Å². The van der Waals surface area contributed by atoms with E-state index in [2.05, 4.69) is 0 Å². The molecule has 0 unspecified atom stereocenters. The fourth-order valence-corrected chi connectivity index (χ4v) is 2.54. The van der Waals surface area contributed by atoms with E-state index in [0.717, 1.165) is 0 Å². The van der Waals surface area contributed by atoms with E-state index >= 15 is 0 Å². The number of aliphatic hydroxyl groups is 2. The molecule has 0 saturated carbocycles. The van der Waals surface area contributed by atoms with E-state index in [-0.39, 0.29) is 75.5 Å². The summed E-state index contributed by atoms with van der Waals surface area (Å²) < 4.78 is 41.9. The van der Waals surface area contributed by atoms with Gasteiger partial charge in [-0.2, -0.15) is 0 Å². The van der Waals surface area contributed by atoms with Gasteiger partial charge in [-0.1, -0.05) is 0 Å². The third-order valence-corrected chi connectivity index (χ3v) is 4.08. The topological polar surface area (TPSA) is 148 Å². The number of hydrogen-bond donors (Lipinski definition) is 2. The second kappa shape index (κ2) is 18.9. The first-order chi connectivity index (χ1) is 16.6. The van der Waals surface area contributed by atoms with Gasteiger partial charge >= 0.3 is 11.9 Å². The Morgan fingerprint density at radius 3 is 1.24 bits per heavy atom. The molecule has 0 aliphatic carbocycles. The third kappa shape index (κ3) is 11.6. The van der Waals surface area contributed by atoms with Crippen LogP contribution < -0.4 is 9.47 Å². The number of rotatable bonds is 20. The van der Waals surface area contributed by atoms with Crippen molar-refractivity contribution in [2.24, 2.45) is 0 Å². The number of aliphatic hydroxyl groups excluding tert-OH is 2. The van der Waals surface area contributed by atoms with Crippen molar-refractivity contribution in [1.82, 2.24) is 0 Å². The Bertz CT molecular complexity index is 650. The highest BCUT2D eigenvalue weighted by Gasteiger charge is 2.23. The molecule has 12 nitrogen and oxygen atoms in total. The lowest BCUT2D eigenvalue weighted by molar-refractivity contribution is 0.0222. The largest absolute Gasteiger partial charge is 0.487 e. The fraction of sp³-hybridized carbons (Fsp3) is 0.636. The molecule has 0 radical (unpaired) electrons. The van der Waals surface area contributed by atoms with Gasteiger partial charge in [0, 0.05) is 0 Å². The van der Waals surface area contributed by atoms with Crippen LogP contribution in [0.25, 0.3) is 0 Å². The summed E-state index contributed by atoms with van der Waals surface area (Å²) >= 11 is 0. The van der Waals surface area contributed by atoms with Crippen molar-refractivity contribution in [2.75, 3.05) is 93.5 Å². The van der Waals surface area contributed by atoms with Crippen LogP contribution in [0.5, 0.6) is 11.5 Å². The Kier molecular flexibility index (Phi) is 16.4. The van der Waals surface area contributed by atoms with Crippen molar-refractivity contribution in [3.63, 3.8) is 0 Å². The molecule has 1 aromatic carbocycles. The lowest BCUT2D eigenvalue weighted by atomic mass is 10.1. The van der Waals surface area contributed by atoms with Crippen LogP contribution in [0.1, 0.15) is 20.7 Å². The van der Waals surface area contributed by atoms with Gasteiger partial charge in [0.1, 0.15) is 13.2 Å². The standard InChI is InChI=1S/C22H34O12/c1-27-21(25)17-15-19(33-13-11-31-9-7-29-5-3-23)20(16-18(17)22(26)28-2)34-14-12-32-10-8-30-6-4-24/h15-16,23-24H,3-14H2,1-2H3. The lowest BCUT2D eigenvalue weighted by Gasteiger charge is -2.16. The molecular formula is C22H34O12. The van der Waals surface area contributed by atoms with Gasteiger partial charge in [-0.3, -0.25) is 0 Å². The second-order valence-corrected chi connectivity index (χ2v) is 6.42. The summed E-state index contributed by atoms with van der Waals surface area (Å²) in [5.74, 6) is -1.06. The molecule has 0 saturated heterocycles. The highest BCUT2D eigenvalue weighted by Crippen LogP contribution is 2.32. The van der Waals surface area contributed by atoms with Crippen LogP contribution in [0.2, 0.25) is 0 Å². The van der Waals surface area contributed by atoms with E-state index in [1.54, 1.807) is 0 Å². The number of methoxy groups -OCH3 is 2. The molecule has 0 bridgehead atoms. The monoisotopic (exact) mass is 490 g/mol. The van der Waals surface area contributed by atoms with Crippen molar-refractivity contribution < 1.29 is 57.7 Å². The molecule has 34 heavy (non-hydrogen) atoms. The van der Waals surface area contributed by atoms with Gasteiger partial charge in [0.2, 0.25) is 0 Å². The average molecular weight is 491 g/mol. The molecule has 0 fully saturated rings. The third-order valence-electron chi connectivity index (χ3n) is 4.08. The summed E-state index contributed by atoms with van der Waals surface area (Å²) in [6, 6.07) is 2.70. The maximum Gasteiger partial charge on any atom is 0.338 e. The minimum atomic E-state index is -0.736. The summed E-state index contributed by atoms with van der Waals surface area (Å²) in [5, 5.41) is 17.3. The van der Waals surface area contributed by atoms with Crippen molar-refractivity contribution in [2.45, 2.75) is 0 Å². The molecule has 0 spiro atoms. The molecule has 0 aliphatic heterocycles. The maximum absolute atomic E-state index is 12.2. The van der Waals surface area contributed by atoms with Crippen LogP contribution in [0, 0.1) is 0 Å². The second-order valence-electron chi connectivity index (χ2n) is 6.42. The zero-order chi connectivity index (χ0) is 25.0. The number of carbonyl (C=O) groups excluding carboxylic acids is 2. The first kappa shape index (κ1) is 29.6. The van der Waals surface area contributed by atoms with Gasteiger partial charge < -0.3 is 48.1 Å². The van der Waals surface area contributed by atoms with E-state index in [1.807, 2.05) is 0 Å². The smallest absolute Gasteiger partial charge is 0.338 e. The SMILES string of the molecule is COC(=O)c1cc(OCCOCCOCCO)c(OCCOCCOCCO)cc1C(=O)OC. The van der Waals surface area contributed by atoms with Gasteiger partial charge in [0.05, 0.1) is 91.4 Å². The number of hydrogen-bond acceptors (Lipinski definition) is 12. The van der Waals surface area contributed by atoms with Crippen molar-refractivity contribution in [1.29, 1.82) is 0 Å². The predicted molar refractivity (Wildman–Crippen MR) is 118 cm³/mol. The normalized spacial score (nSPS) is 10.7. The van der Waals surface area contributed by atoms with Crippen LogP contribution in [0.3, 0.4) is 0 Å². The molecule has 0 aromatic heterocycles. The highest BCUT2D eigenvalue weighted by molar-refractivity contribution is 6.04. The lowest BCUT2D eigenvalue weighted by Crippen LogP contribution is -2.16. The van der Waals surface area contributed by atoms with E-state index in [1.165, 1.54) is 26.4 Å². The Morgan fingerprint density at radius 1 is 0.588 bits per heavy atom. The summed E-state index contributed by atoms with van der Waals surface area (Å²) in [5.41, 5.74) is -0.0698. The van der Waals surface area contributed by atoms with Crippen molar-refractivity contribution in [3.8, 4) is 11.5 Å². The number of esters is 2. The number of benzene rings is 1. The highest BCUT2D eigenvalue weighted by atomic mass is 16.6. The summed E-state index contributed by atoms with van der Waals surface area (Å²) in [4.78, 5) is 24.4. The quantitative estimate of drug-likeness (QED) is 0.188. The van der Waals surface area contributed by atoms with Crippen LogP contribution in [-0.2, 0) is 28.4 Å². The van der Waals surface area contributed by atoms with Gasteiger partial charge in [-0.05, 0) is 12.1 Å². The molecule has 194 valence electrons. The molecule has 1 aromatic rings.